The highest BCUT2D eigenvalue weighted by Gasteiger charge is 2.42. The van der Waals surface area contributed by atoms with Crippen LogP contribution >= 0.6 is 0 Å². The number of aromatic nitrogens is 1. The van der Waals surface area contributed by atoms with Crippen molar-refractivity contribution in [3.63, 3.8) is 0 Å². The lowest BCUT2D eigenvalue weighted by molar-refractivity contribution is -0.177. The van der Waals surface area contributed by atoms with Crippen LogP contribution in [-0.2, 0) is 28.6 Å². The van der Waals surface area contributed by atoms with Crippen LogP contribution in [0.15, 0.2) is 12.3 Å². The van der Waals surface area contributed by atoms with E-state index in [1.807, 2.05) is 0 Å². The van der Waals surface area contributed by atoms with Gasteiger partial charge in [0.25, 0.3) is 5.91 Å². The fraction of sp³-hybridized carbons (Fsp3) is 0.654. The van der Waals surface area contributed by atoms with E-state index >= 15 is 0 Å². The summed E-state index contributed by atoms with van der Waals surface area (Å²) in [4.78, 5) is 55.1. The van der Waals surface area contributed by atoms with Gasteiger partial charge >= 0.3 is 17.9 Å². The van der Waals surface area contributed by atoms with E-state index in [1.165, 1.54) is 26.3 Å². The molecular formula is C26H38N2O9. The fourth-order valence-electron chi connectivity index (χ4n) is 3.93. The number of pyridine rings is 1. The summed E-state index contributed by atoms with van der Waals surface area (Å²) in [5, 5.41) is 12.6. The van der Waals surface area contributed by atoms with Crippen LogP contribution in [0.2, 0.25) is 0 Å². The zero-order valence-electron chi connectivity index (χ0n) is 22.2. The van der Waals surface area contributed by atoms with Crippen molar-refractivity contribution in [2.75, 3.05) is 13.7 Å². The molecule has 2 N–H and O–H groups in total. The first kappa shape index (κ1) is 29.9. The smallest absolute Gasteiger partial charge is 0.332 e. The van der Waals surface area contributed by atoms with Gasteiger partial charge in [-0.05, 0) is 13.3 Å². The van der Waals surface area contributed by atoms with Gasteiger partial charge in [0.05, 0.1) is 18.9 Å². The highest BCUT2D eigenvalue weighted by Crippen LogP contribution is 2.28. The third-order valence-corrected chi connectivity index (χ3v) is 6.11. The summed E-state index contributed by atoms with van der Waals surface area (Å²) in [5.74, 6) is -4.73. The van der Waals surface area contributed by atoms with Crippen LogP contribution in [0.3, 0.4) is 0 Å². The summed E-state index contributed by atoms with van der Waals surface area (Å²) in [5.41, 5.74) is -0.375. The van der Waals surface area contributed by atoms with E-state index in [0.29, 0.717) is 12.8 Å². The Balaban J connectivity index is 2.24. The number of hydrogen-bond acceptors (Lipinski definition) is 10. The number of ether oxygens (including phenoxy) is 4. The molecule has 1 saturated heterocycles. The van der Waals surface area contributed by atoms with E-state index in [9.17, 15) is 24.3 Å². The number of nitrogens with one attached hydrogen (secondary N) is 1. The lowest BCUT2D eigenvalue weighted by Gasteiger charge is -2.29. The number of amides is 1. The van der Waals surface area contributed by atoms with Crippen LogP contribution in [-0.4, -0.2) is 65.9 Å². The standard InChI is InChI=1S/C26H38N2O9/c1-6-7-8-9-10-11-17-22(37-24(31)15(2)3)16(4)36-26(33)18(14-35-25(17)32)28-23(30)20-21(29)19(34-5)12-13-27-20/h12-13,15-18,22,29H,6-11,14H2,1-5H3,(H,28,30)/t16-,17+,18-,22-/m0/s1. The van der Waals surface area contributed by atoms with E-state index in [-0.39, 0.29) is 11.4 Å². The summed E-state index contributed by atoms with van der Waals surface area (Å²) >= 11 is 0. The minimum Gasteiger partial charge on any atom is -0.503 e. The number of nitrogens with zero attached hydrogens (tertiary/aromatic N) is 1. The number of esters is 3. The van der Waals surface area contributed by atoms with Crippen molar-refractivity contribution in [3.8, 4) is 11.5 Å². The van der Waals surface area contributed by atoms with Gasteiger partial charge in [0.2, 0.25) is 0 Å². The number of unbranched alkanes of at least 4 members (excludes halogenated alkanes) is 4. The molecule has 1 aliphatic heterocycles. The average molecular weight is 523 g/mol. The normalized spacial score (nSPS) is 22.2. The summed E-state index contributed by atoms with van der Waals surface area (Å²) < 4.78 is 21.6. The van der Waals surface area contributed by atoms with E-state index in [0.717, 1.165) is 25.7 Å². The molecule has 0 aromatic carbocycles. The third-order valence-electron chi connectivity index (χ3n) is 6.11. The number of rotatable bonds is 11. The van der Waals surface area contributed by atoms with Crippen molar-refractivity contribution < 1.29 is 43.2 Å². The third kappa shape index (κ3) is 8.33. The van der Waals surface area contributed by atoms with Crippen LogP contribution in [0.4, 0.5) is 0 Å². The number of carbonyl (C=O) groups excluding carboxylic acids is 4. The molecule has 0 bridgehead atoms. The molecule has 0 spiro atoms. The van der Waals surface area contributed by atoms with Gasteiger partial charge in [0.15, 0.2) is 29.3 Å². The Hall–Kier alpha value is -3.37. The molecular weight excluding hydrogens is 484 g/mol. The Kier molecular flexibility index (Phi) is 11.6. The number of aromatic hydroxyl groups is 1. The molecule has 0 aliphatic carbocycles. The summed E-state index contributed by atoms with van der Waals surface area (Å²) in [7, 11) is 1.32. The van der Waals surface area contributed by atoms with E-state index in [1.54, 1.807) is 13.8 Å². The van der Waals surface area contributed by atoms with Gasteiger partial charge in [-0.3, -0.25) is 14.4 Å². The molecule has 1 amide bonds. The minimum atomic E-state index is -1.38. The van der Waals surface area contributed by atoms with Gasteiger partial charge in [-0.1, -0.05) is 52.9 Å². The number of carbonyl (C=O) groups is 4. The van der Waals surface area contributed by atoms with Gasteiger partial charge in [-0.15, -0.1) is 0 Å². The largest absolute Gasteiger partial charge is 0.503 e. The maximum Gasteiger partial charge on any atom is 0.332 e. The van der Waals surface area contributed by atoms with Crippen molar-refractivity contribution in [1.82, 2.24) is 10.3 Å². The first-order chi connectivity index (χ1) is 17.6. The number of hydrogen-bond donors (Lipinski definition) is 2. The predicted octanol–water partition coefficient (Wildman–Crippen LogP) is 2.93. The zero-order chi connectivity index (χ0) is 27.5. The second-order valence-corrected chi connectivity index (χ2v) is 9.37. The molecule has 0 unspecified atom stereocenters. The van der Waals surface area contributed by atoms with E-state index < -0.39 is 66.3 Å². The molecule has 4 atom stereocenters. The molecule has 1 aromatic rings. The molecule has 1 aromatic heterocycles. The second kappa shape index (κ2) is 14.4. The van der Waals surface area contributed by atoms with E-state index in [2.05, 4.69) is 17.2 Å². The molecule has 0 radical (unpaired) electrons. The summed E-state index contributed by atoms with van der Waals surface area (Å²) in [6.45, 7) is 6.47. The van der Waals surface area contributed by atoms with Crippen LogP contribution in [0.5, 0.6) is 11.5 Å². The van der Waals surface area contributed by atoms with Crippen molar-refractivity contribution >= 4 is 23.8 Å². The van der Waals surface area contributed by atoms with E-state index in [4.69, 9.17) is 18.9 Å². The predicted molar refractivity (Wildman–Crippen MR) is 132 cm³/mol. The molecule has 2 rings (SSSR count). The molecule has 1 fully saturated rings. The fourth-order valence-corrected chi connectivity index (χ4v) is 3.93. The molecule has 206 valence electrons. The van der Waals surface area contributed by atoms with Crippen LogP contribution in [0, 0.1) is 11.8 Å². The number of methoxy groups -OCH3 is 1. The maximum atomic E-state index is 13.1. The lowest BCUT2D eigenvalue weighted by Crippen LogP contribution is -2.46. The first-order valence-corrected chi connectivity index (χ1v) is 12.7. The van der Waals surface area contributed by atoms with Gasteiger partial charge in [-0.25, -0.2) is 9.78 Å². The Labute approximate surface area is 217 Å². The van der Waals surface area contributed by atoms with Gasteiger partial charge in [0.1, 0.15) is 12.7 Å². The Morgan fingerprint density at radius 2 is 1.89 bits per heavy atom. The monoisotopic (exact) mass is 522 g/mol. The Morgan fingerprint density at radius 1 is 1.19 bits per heavy atom. The molecule has 11 nitrogen and oxygen atoms in total. The molecule has 1 aliphatic rings. The van der Waals surface area contributed by atoms with Gasteiger partial charge in [0, 0.05) is 12.3 Å². The van der Waals surface area contributed by atoms with Crippen molar-refractivity contribution in [2.24, 2.45) is 11.8 Å². The minimum absolute atomic E-state index is 0.0221. The van der Waals surface area contributed by atoms with Crippen LogP contribution < -0.4 is 10.1 Å². The highest BCUT2D eigenvalue weighted by atomic mass is 16.6. The SMILES string of the molecule is CCCCCCC[C@H]1C(=O)OC[C@H](NC(=O)c2nccc(OC)c2O)C(=O)O[C@@H](C)[C@@H]1OC(=O)C(C)C. The van der Waals surface area contributed by atoms with Crippen molar-refractivity contribution in [1.29, 1.82) is 0 Å². The quantitative estimate of drug-likeness (QED) is 0.252. The Morgan fingerprint density at radius 3 is 2.54 bits per heavy atom. The maximum absolute atomic E-state index is 13.1. The van der Waals surface area contributed by atoms with Crippen LogP contribution in [0.25, 0.3) is 0 Å². The summed E-state index contributed by atoms with van der Waals surface area (Å²) in [6, 6.07) is -0.0128. The Bertz CT molecular complexity index is 950. The molecule has 37 heavy (non-hydrogen) atoms. The molecule has 0 saturated carbocycles. The number of cyclic esters (lactones) is 2. The van der Waals surface area contributed by atoms with Crippen molar-refractivity contribution in [2.45, 2.75) is 84.5 Å². The molecule has 11 heteroatoms. The topological polar surface area (TPSA) is 150 Å². The first-order valence-electron chi connectivity index (χ1n) is 12.7. The second-order valence-electron chi connectivity index (χ2n) is 9.37. The van der Waals surface area contributed by atoms with Gasteiger partial charge in [-0.2, -0.15) is 0 Å². The highest BCUT2D eigenvalue weighted by molar-refractivity contribution is 5.98. The van der Waals surface area contributed by atoms with Crippen molar-refractivity contribution in [3.05, 3.63) is 18.0 Å². The summed E-state index contributed by atoms with van der Waals surface area (Å²) in [6.07, 6.45) is 4.38. The molecule has 2 heterocycles. The van der Waals surface area contributed by atoms with Gasteiger partial charge < -0.3 is 29.4 Å². The van der Waals surface area contributed by atoms with Crippen LogP contribution in [0.1, 0.15) is 76.7 Å². The zero-order valence-corrected chi connectivity index (χ0v) is 22.2. The lowest BCUT2D eigenvalue weighted by atomic mass is 9.91. The average Bonchev–Trinajstić information content (AvgIpc) is 2.89.